The molecular weight excluding hydrogens is 224 g/mol. The number of methoxy groups -OCH3 is 1. The van der Waals surface area contributed by atoms with Crippen molar-refractivity contribution in [3.8, 4) is 0 Å². The molecule has 1 aliphatic heterocycles. The molecule has 0 unspecified atom stereocenters. The predicted molar refractivity (Wildman–Crippen MR) is 61.8 cm³/mol. The van der Waals surface area contributed by atoms with Crippen molar-refractivity contribution in [3.05, 3.63) is 0 Å². The van der Waals surface area contributed by atoms with Gasteiger partial charge in [-0.3, -0.25) is 0 Å². The zero-order valence-electron chi connectivity index (χ0n) is 10.9. The van der Waals surface area contributed by atoms with E-state index in [1.54, 1.807) is 9.80 Å². The van der Waals surface area contributed by atoms with Crippen LogP contribution in [0.2, 0.25) is 0 Å². The second kappa shape index (κ2) is 5.25. The summed E-state index contributed by atoms with van der Waals surface area (Å²) in [7, 11) is 1.35. The molecule has 6 heteroatoms. The Labute approximate surface area is 101 Å². The van der Waals surface area contributed by atoms with E-state index in [0.29, 0.717) is 26.2 Å². The molecular formula is C11H20N2O4. The number of ether oxygens (including phenoxy) is 2. The summed E-state index contributed by atoms with van der Waals surface area (Å²) in [6, 6.07) is 0. The van der Waals surface area contributed by atoms with Crippen molar-refractivity contribution in [2.75, 3.05) is 33.3 Å². The van der Waals surface area contributed by atoms with Crippen LogP contribution in [0.1, 0.15) is 20.8 Å². The van der Waals surface area contributed by atoms with E-state index < -0.39 is 5.60 Å². The number of nitrogens with zero attached hydrogens (tertiary/aromatic N) is 2. The van der Waals surface area contributed by atoms with E-state index in [1.807, 2.05) is 20.8 Å². The first-order valence-electron chi connectivity index (χ1n) is 5.64. The van der Waals surface area contributed by atoms with Crippen molar-refractivity contribution in [1.82, 2.24) is 9.80 Å². The third-order valence-corrected chi connectivity index (χ3v) is 2.36. The first-order valence-corrected chi connectivity index (χ1v) is 5.64. The number of hydrogen-bond donors (Lipinski definition) is 0. The minimum Gasteiger partial charge on any atom is -0.453 e. The molecule has 1 fully saturated rings. The minimum absolute atomic E-state index is 0.331. The lowest BCUT2D eigenvalue weighted by Gasteiger charge is -2.34. The molecule has 0 aromatic rings. The van der Waals surface area contributed by atoms with Crippen LogP contribution in [0.3, 0.4) is 0 Å². The highest BCUT2D eigenvalue weighted by Crippen LogP contribution is 2.12. The van der Waals surface area contributed by atoms with Crippen LogP contribution in [-0.2, 0) is 9.47 Å². The Morgan fingerprint density at radius 3 is 1.71 bits per heavy atom. The molecule has 1 heterocycles. The van der Waals surface area contributed by atoms with Crippen LogP contribution in [0.25, 0.3) is 0 Å². The Morgan fingerprint density at radius 1 is 0.941 bits per heavy atom. The van der Waals surface area contributed by atoms with E-state index >= 15 is 0 Å². The van der Waals surface area contributed by atoms with Crippen molar-refractivity contribution >= 4 is 12.2 Å². The fourth-order valence-corrected chi connectivity index (χ4v) is 1.53. The van der Waals surface area contributed by atoms with Crippen molar-refractivity contribution in [3.63, 3.8) is 0 Å². The van der Waals surface area contributed by atoms with Crippen LogP contribution >= 0.6 is 0 Å². The van der Waals surface area contributed by atoms with E-state index in [2.05, 4.69) is 4.74 Å². The number of carbonyl (C=O) groups is 2. The summed E-state index contributed by atoms with van der Waals surface area (Å²) in [4.78, 5) is 26.1. The Bertz CT molecular complexity index is 290. The normalized spacial score (nSPS) is 16.7. The van der Waals surface area contributed by atoms with Crippen LogP contribution in [-0.4, -0.2) is 60.9 Å². The largest absolute Gasteiger partial charge is 0.453 e. The number of hydrogen-bond acceptors (Lipinski definition) is 4. The number of amides is 2. The van der Waals surface area contributed by atoms with Crippen LogP contribution in [0.4, 0.5) is 9.59 Å². The van der Waals surface area contributed by atoms with Gasteiger partial charge in [-0.05, 0) is 20.8 Å². The van der Waals surface area contributed by atoms with Gasteiger partial charge < -0.3 is 19.3 Å². The number of rotatable bonds is 0. The lowest BCUT2D eigenvalue weighted by atomic mass is 10.2. The van der Waals surface area contributed by atoms with Gasteiger partial charge in [-0.15, -0.1) is 0 Å². The highest BCUT2D eigenvalue weighted by Gasteiger charge is 2.27. The molecule has 0 N–H and O–H groups in total. The van der Waals surface area contributed by atoms with Gasteiger partial charge in [0, 0.05) is 26.2 Å². The van der Waals surface area contributed by atoms with E-state index in [1.165, 1.54) is 7.11 Å². The third kappa shape index (κ3) is 4.13. The summed E-state index contributed by atoms with van der Waals surface area (Å²) in [5.41, 5.74) is -0.490. The van der Waals surface area contributed by atoms with Crippen LogP contribution < -0.4 is 0 Å². The molecule has 1 saturated heterocycles. The Kier molecular flexibility index (Phi) is 4.20. The van der Waals surface area contributed by atoms with Gasteiger partial charge in [-0.2, -0.15) is 0 Å². The first-order chi connectivity index (χ1) is 7.83. The Balaban J connectivity index is 2.42. The van der Waals surface area contributed by atoms with Crippen molar-refractivity contribution in [2.24, 2.45) is 0 Å². The third-order valence-electron chi connectivity index (χ3n) is 2.36. The summed E-state index contributed by atoms with van der Waals surface area (Å²) in [6.45, 7) is 7.40. The minimum atomic E-state index is -0.490. The maximum Gasteiger partial charge on any atom is 0.410 e. The highest BCUT2D eigenvalue weighted by atomic mass is 16.6. The van der Waals surface area contributed by atoms with E-state index in [0.717, 1.165) is 0 Å². The lowest BCUT2D eigenvalue weighted by molar-refractivity contribution is 0.0141. The zero-order valence-corrected chi connectivity index (χ0v) is 10.9. The maximum atomic E-state index is 11.7. The molecule has 0 aliphatic carbocycles. The molecule has 6 nitrogen and oxygen atoms in total. The number of carbonyl (C=O) groups excluding carboxylic acids is 2. The van der Waals surface area contributed by atoms with Gasteiger partial charge in [0.05, 0.1) is 7.11 Å². The molecule has 98 valence electrons. The Morgan fingerprint density at radius 2 is 1.35 bits per heavy atom. The lowest BCUT2D eigenvalue weighted by Crippen LogP contribution is -2.51. The van der Waals surface area contributed by atoms with Gasteiger partial charge in [0.2, 0.25) is 0 Å². The zero-order chi connectivity index (χ0) is 13.1. The molecule has 0 bridgehead atoms. The first kappa shape index (κ1) is 13.6. The summed E-state index contributed by atoms with van der Waals surface area (Å²) < 4.78 is 9.87. The van der Waals surface area contributed by atoms with E-state index in [4.69, 9.17) is 4.74 Å². The van der Waals surface area contributed by atoms with Crippen molar-refractivity contribution < 1.29 is 19.1 Å². The molecule has 0 radical (unpaired) electrons. The van der Waals surface area contributed by atoms with Gasteiger partial charge >= 0.3 is 12.2 Å². The van der Waals surface area contributed by atoms with Crippen molar-refractivity contribution in [2.45, 2.75) is 26.4 Å². The summed E-state index contributed by atoms with van der Waals surface area (Å²) in [6.07, 6.45) is -0.684. The van der Waals surface area contributed by atoms with E-state index in [-0.39, 0.29) is 12.2 Å². The maximum absolute atomic E-state index is 11.7. The molecule has 17 heavy (non-hydrogen) atoms. The summed E-state index contributed by atoms with van der Waals surface area (Å²) >= 11 is 0. The molecule has 1 rings (SSSR count). The average Bonchev–Trinajstić information content (AvgIpc) is 2.26. The Hall–Kier alpha value is -1.46. The highest BCUT2D eigenvalue weighted by molar-refractivity contribution is 5.70. The van der Waals surface area contributed by atoms with Crippen LogP contribution in [0.15, 0.2) is 0 Å². The fraction of sp³-hybridized carbons (Fsp3) is 0.818. The topological polar surface area (TPSA) is 59.1 Å². The molecule has 0 atom stereocenters. The predicted octanol–water partition coefficient (Wildman–Crippen LogP) is 1.31. The smallest absolute Gasteiger partial charge is 0.410 e. The monoisotopic (exact) mass is 244 g/mol. The SMILES string of the molecule is COC(=O)N1CCN(C(=O)OC(C)(C)C)CC1. The van der Waals surface area contributed by atoms with E-state index in [9.17, 15) is 9.59 Å². The second-order valence-electron chi connectivity index (χ2n) is 4.92. The van der Waals surface area contributed by atoms with Crippen molar-refractivity contribution in [1.29, 1.82) is 0 Å². The molecule has 0 saturated carbocycles. The summed E-state index contributed by atoms with van der Waals surface area (Å²) in [5.74, 6) is 0. The average molecular weight is 244 g/mol. The van der Waals surface area contributed by atoms with Crippen LogP contribution in [0, 0.1) is 0 Å². The van der Waals surface area contributed by atoms with Gasteiger partial charge in [0.1, 0.15) is 5.60 Å². The van der Waals surface area contributed by atoms with Gasteiger partial charge in [-0.1, -0.05) is 0 Å². The summed E-state index contributed by atoms with van der Waals surface area (Å²) in [5, 5.41) is 0. The molecule has 1 aliphatic rings. The second-order valence-corrected chi connectivity index (χ2v) is 4.92. The quantitative estimate of drug-likeness (QED) is 0.644. The van der Waals surface area contributed by atoms with Crippen LogP contribution in [0.5, 0.6) is 0 Å². The number of piperazine rings is 1. The molecule has 2 amide bonds. The fourth-order valence-electron chi connectivity index (χ4n) is 1.53. The van der Waals surface area contributed by atoms with Gasteiger partial charge in [-0.25, -0.2) is 9.59 Å². The van der Waals surface area contributed by atoms with Gasteiger partial charge in [0.25, 0.3) is 0 Å². The van der Waals surface area contributed by atoms with Gasteiger partial charge in [0.15, 0.2) is 0 Å². The molecule has 0 aromatic heterocycles. The molecule has 0 spiro atoms. The molecule has 0 aromatic carbocycles. The standard InChI is InChI=1S/C11H20N2O4/c1-11(2,3)17-10(15)13-7-5-12(6-8-13)9(14)16-4/h5-8H2,1-4H3.